The highest BCUT2D eigenvalue weighted by Crippen LogP contribution is 2.05. The second kappa shape index (κ2) is 2.85. The maximum absolute atomic E-state index is 11.2. The number of para-hydroxylation sites is 1. The average molecular weight is 188 g/mol. The van der Waals surface area contributed by atoms with Crippen molar-refractivity contribution in [2.45, 2.75) is 0 Å². The molecule has 0 aliphatic carbocycles. The topological polar surface area (TPSA) is 76.0 Å². The van der Waals surface area contributed by atoms with Gasteiger partial charge in [0.1, 0.15) is 0 Å². The molecule has 5 heteroatoms. The highest BCUT2D eigenvalue weighted by atomic mass is 16.4. The molecule has 1 heterocycles. The maximum Gasteiger partial charge on any atom is 0.435 e. The number of benzene rings is 1. The molecular weight excluding hydrogens is 184 g/mol. The summed E-state index contributed by atoms with van der Waals surface area (Å²) in [5.41, 5.74) is -0.464. The van der Waals surface area contributed by atoms with Crippen molar-refractivity contribution in [3.63, 3.8) is 0 Å². The highest BCUT2D eigenvalue weighted by Gasteiger charge is 2.06. The average Bonchev–Trinajstić information content (AvgIpc) is 2.18. The minimum absolute atomic E-state index is 0.216. The lowest BCUT2D eigenvalue weighted by Crippen LogP contribution is -2.22. The summed E-state index contributed by atoms with van der Waals surface area (Å²) in [4.78, 5) is 22.2. The first-order valence-corrected chi connectivity index (χ1v) is 3.79. The molecule has 0 N–H and O–H groups in total. The fraction of sp³-hybridized carbons (Fsp3) is 0. The van der Waals surface area contributed by atoms with Crippen LogP contribution in [0.4, 0.5) is 0 Å². The van der Waals surface area contributed by atoms with Crippen molar-refractivity contribution >= 4 is 10.9 Å². The smallest absolute Gasteiger partial charge is 0.371 e. The lowest BCUT2D eigenvalue weighted by molar-refractivity contribution is 0.446. The zero-order chi connectivity index (χ0) is 10.1. The van der Waals surface area contributed by atoms with E-state index in [0.29, 0.717) is 0 Å². The Balaban J connectivity index is 3.16. The van der Waals surface area contributed by atoms with E-state index in [4.69, 9.17) is 5.26 Å². The van der Waals surface area contributed by atoms with Gasteiger partial charge in [0, 0.05) is 0 Å². The van der Waals surface area contributed by atoms with E-state index in [2.05, 4.69) is 4.42 Å². The Morgan fingerprint density at radius 3 is 2.71 bits per heavy atom. The van der Waals surface area contributed by atoms with Gasteiger partial charge in [-0.25, -0.2) is 9.59 Å². The molecule has 5 nitrogen and oxygen atoms in total. The van der Waals surface area contributed by atoms with E-state index in [9.17, 15) is 9.59 Å². The van der Waals surface area contributed by atoms with Crippen LogP contribution in [-0.2, 0) is 0 Å². The van der Waals surface area contributed by atoms with Crippen molar-refractivity contribution in [1.29, 1.82) is 5.26 Å². The van der Waals surface area contributed by atoms with Gasteiger partial charge in [-0.05, 0) is 12.1 Å². The Bertz CT molecular complexity index is 645. The first-order valence-electron chi connectivity index (χ1n) is 3.79. The number of fused-ring (bicyclic) bond motifs is 1. The van der Waals surface area contributed by atoms with Crippen LogP contribution in [0.25, 0.3) is 10.9 Å². The van der Waals surface area contributed by atoms with Gasteiger partial charge in [-0.15, -0.1) is 0 Å². The number of nitriles is 1. The highest BCUT2D eigenvalue weighted by molar-refractivity contribution is 5.77. The summed E-state index contributed by atoms with van der Waals surface area (Å²) in [7, 11) is 0. The summed E-state index contributed by atoms with van der Waals surface area (Å²) in [5, 5.41) is 8.87. The van der Waals surface area contributed by atoms with Crippen LogP contribution in [0.15, 0.2) is 38.3 Å². The van der Waals surface area contributed by atoms with Crippen LogP contribution in [0.3, 0.4) is 0 Å². The van der Waals surface area contributed by atoms with E-state index in [1.54, 1.807) is 18.3 Å². The summed E-state index contributed by atoms with van der Waals surface area (Å²) in [5.74, 6) is -0.962. The van der Waals surface area contributed by atoms with Gasteiger partial charge in [-0.3, -0.25) is 0 Å². The largest absolute Gasteiger partial charge is 0.435 e. The van der Waals surface area contributed by atoms with Gasteiger partial charge in [0.05, 0.1) is 10.9 Å². The molecule has 0 saturated carbocycles. The molecule has 14 heavy (non-hydrogen) atoms. The summed E-state index contributed by atoms with van der Waals surface area (Å²) in [6.07, 6.45) is 1.64. The third-order valence-corrected chi connectivity index (χ3v) is 1.83. The molecule has 0 spiro atoms. The lowest BCUT2D eigenvalue weighted by atomic mass is 10.2. The van der Waals surface area contributed by atoms with E-state index < -0.39 is 11.4 Å². The van der Waals surface area contributed by atoms with Crippen molar-refractivity contribution in [2.24, 2.45) is 0 Å². The summed E-state index contributed by atoms with van der Waals surface area (Å²) in [6, 6.07) is 6.27. The first-order chi connectivity index (χ1) is 6.74. The molecule has 0 aliphatic heterocycles. The van der Waals surface area contributed by atoms with Crippen LogP contribution in [0.2, 0.25) is 0 Å². The second-order valence-corrected chi connectivity index (χ2v) is 2.61. The number of aromatic nitrogens is 1. The van der Waals surface area contributed by atoms with E-state index in [1.807, 2.05) is 0 Å². The molecule has 0 radical (unpaired) electrons. The maximum atomic E-state index is 11.2. The quantitative estimate of drug-likeness (QED) is 0.595. The van der Waals surface area contributed by atoms with Crippen molar-refractivity contribution in [1.82, 2.24) is 4.57 Å². The van der Waals surface area contributed by atoms with Gasteiger partial charge < -0.3 is 4.42 Å². The fourth-order valence-electron chi connectivity index (χ4n) is 1.21. The predicted molar refractivity (Wildman–Crippen MR) is 47.8 cm³/mol. The van der Waals surface area contributed by atoms with Crippen LogP contribution in [0, 0.1) is 11.5 Å². The van der Waals surface area contributed by atoms with Crippen molar-refractivity contribution in [3.05, 3.63) is 45.2 Å². The lowest BCUT2D eigenvalue weighted by Gasteiger charge is -1.97. The van der Waals surface area contributed by atoms with E-state index in [-0.39, 0.29) is 10.9 Å². The summed E-state index contributed by atoms with van der Waals surface area (Å²) in [6.45, 7) is 0. The van der Waals surface area contributed by atoms with Crippen LogP contribution in [-0.4, -0.2) is 4.57 Å². The van der Waals surface area contributed by atoms with Gasteiger partial charge in [-0.2, -0.15) is 9.83 Å². The van der Waals surface area contributed by atoms with Crippen molar-refractivity contribution in [2.75, 3.05) is 0 Å². The van der Waals surface area contributed by atoms with Crippen molar-refractivity contribution < 1.29 is 4.42 Å². The van der Waals surface area contributed by atoms with Gasteiger partial charge >= 0.3 is 11.4 Å². The second-order valence-electron chi connectivity index (χ2n) is 2.61. The number of hydrogen-bond acceptors (Lipinski definition) is 4. The molecule has 1 aromatic heterocycles. The van der Waals surface area contributed by atoms with Crippen LogP contribution >= 0.6 is 0 Å². The SMILES string of the molecule is N#Cn1c(=O)oc(=O)c2ccccc21. The number of hydrogen-bond donors (Lipinski definition) is 0. The summed E-state index contributed by atoms with van der Waals surface area (Å²) >= 11 is 0. The zero-order valence-electron chi connectivity index (χ0n) is 6.93. The molecule has 0 atom stereocenters. The molecule has 2 rings (SSSR count). The van der Waals surface area contributed by atoms with Gasteiger partial charge in [0.2, 0.25) is 0 Å². The monoisotopic (exact) mass is 188 g/mol. The Morgan fingerprint density at radius 2 is 2.00 bits per heavy atom. The standard InChI is InChI=1S/C9H4N2O3/c10-5-11-7-4-2-1-3-6(7)8(12)14-9(11)13/h1-4H. The first kappa shape index (κ1) is 8.26. The molecule has 0 amide bonds. The minimum atomic E-state index is -0.962. The normalized spacial score (nSPS) is 9.93. The third-order valence-electron chi connectivity index (χ3n) is 1.83. The van der Waals surface area contributed by atoms with Gasteiger partial charge in [0.25, 0.3) is 0 Å². The minimum Gasteiger partial charge on any atom is -0.371 e. The molecule has 0 fully saturated rings. The molecular formula is C9H4N2O3. The van der Waals surface area contributed by atoms with Crippen molar-refractivity contribution in [3.8, 4) is 6.19 Å². The molecule has 1 aromatic carbocycles. The van der Waals surface area contributed by atoms with Crippen LogP contribution < -0.4 is 11.4 Å². The van der Waals surface area contributed by atoms with Crippen LogP contribution in [0.1, 0.15) is 0 Å². The number of rotatable bonds is 0. The molecule has 68 valence electrons. The predicted octanol–water partition coefficient (Wildman–Crippen LogP) is 0.284. The Hall–Kier alpha value is -2.35. The third kappa shape index (κ3) is 1.02. The summed E-state index contributed by atoms with van der Waals surface area (Å²) < 4.78 is 5.07. The van der Waals surface area contributed by atoms with Crippen LogP contribution in [0.5, 0.6) is 0 Å². The zero-order valence-corrected chi connectivity index (χ0v) is 6.93. The molecule has 0 saturated heterocycles. The number of nitrogens with zero attached hydrogens (tertiary/aromatic N) is 2. The molecule has 2 aromatic rings. The van der Waals surface area contributed by atoms with E-state index in [1.165, 1.54) is 12.1 Å². The Morgan fingerprint density at radius 1 is 1.29 bits per heavy atom. The fourth-order valence-corrected chi connectivity index (χ4v) is 1.21. The van der Waals surface area contributed by atoms with E-state index in [0.717, 1.165) is 4.57 Å². The van der Waals surface area contributed by atoms with E-state index >= 15 is 0 Å². The molecule has 0 unspecified atom stereocenters. The molecule has 0 aliphatic rings. The van der Waals surface area contributed by atoms with Gasteiger partial charge in [-0.1, -0.05) is 12.1 Å². The van der Waals surface area contributed by atoms with Gasteiger partial charge in [0.15, 0.2) is 6.19 Å². The Kier molecular flexibility index (Phi) is 1.68. The Labute approximate surface area is 77.4 Å². The molecule has 0 bridgehead atoms.